The number of aromatic nitrogens is 1. The molecule has 1 aromatic carbocycles. The molecule has 136 valence electrons. The van der Waals surface area contributed by atoms with Gasteiger partial charge in [0.25, 0.3) is 0 Å². The number of hydrogen-bond donors (Lipinski definition) is 2. The van der Waals surface area contributed by atoms with Crippen LogP contribution in [0, 0.1) is 0 Å². The molecular weight excluding hydrogens is 474 g/mol. The van der Waals surface area contributed by atoms with Crippen LogP contribution >= 0.6 is 47.2 Å². The van der Waals surface area contributed by atoms with Crippen molar-refractivity contribution in [1.82, 2.24) is 15.6 Å². The first kappa shape index (κ1) is 21.8. The van der Waals surface area contributed by atoms with Gasteiger partial charge in [0, 0.05) is 31.4 Å². The number of nitrogens with one attached hydrogen (secondary N) is 2. The van der Waals surface area contributed by atoms with E-state index < -0.39 is 0 Å². The van der Waals surface area contributed by atoms with E-state index in [0.717, 1.165) is 29.3 Å². The van der Waals surface area contributed by atoms with Crippen molar-refractivity contribution in [1.29, 1.82) is 0 Å². The molecule has 0 saturated heterocycles. The van der Waals surface area contributed by atoms with Gasteiger partial charge in [-0.05, 0) is 35.7 Å². The predicted molar refractivity (Wildman–Crippen MR) is 115 cm³/mol. The quantitative estimate of drug-likeness (QED) is 0.276. The lowest BCUT2D eigenvalue weighted by atomic mass is 10.1. The van der Waals surface area contributed by atoms with Crippen molar-refractivity contribution in [3.63, 3.8) is 0 Å². The Labute approximate surface area is 175 Å². The normalized spacial score (nSPS) is 10.8. The molecule has 0 aliphatic heterocycles. The molecule has 0 saturated carbocycles. The molecule has 8 heteroatoms. The highest BCUT2D eigenvalue weighted by molar-refractivity contribution is 14.0. The zero-order valence-electron chi connectivity index (χ0n) is 14.1. The summed E-state index contributed by atoms with van der Waals surface area (Å²) in [7, 11) is 3.36. The van der Waals surface area contributed by atoms with Gasteiger partial charge in [-0.1, -0.05) is 35.3 Å². The maximum atomic E-state index is 6.24. The second kappa shape index (κ2) is 11.4. The lowest BCUT2D eigenvalue weighted by Gasteiger charge is -2.12. The molecule has 0 atom stereocenters. The highest BCUT2D eigenvalue weighted by Gasteiger charge is 2.04. The first-order valence-electron chi connectivity index (χ1n) is 7.49. The SMILES string of the molecule is CN=C(NCCc1ccc(OC)cc1Cl)NCc1ccc(Cl)nc1.I. The standard InChI is InChI=1S/C17H20Cl2N4O.HI/c1-20-17(23-11-12-3-6-16(19)22-10-12)21-8-7-13-4-5-14(24-2)9-15(13)18;/h3-6,9-10H,7-8,11H2,1-2H3,(H2,20,21,23);1H. The number of hydrogen-bond acceptors (Lipinski definition) is 3. The first-order chi connectivity index (χ1) is 11.6. The number of methoxy groups -OCH3 is 1. The topological polar surface area (TPSA) is 58.5 Å². The summed E-state index contributed by atoms with van der Waals surface area (Å²) >= 11 is 12.0. The fourth-order valence-electron chi connectivity index (χ4n) is 2.09. The van der Waals surface area contributed by atoms with Crippen LogP contribution in [0.3, 0.4) is 0 Å². The maximum Gasteiger partial charge on any atom is 0.191 e. The van der Waals surface area contributed by atoms with Crippen LogP contribution in [-0.4, -0.2) is 31.6 Å². The van der Waals surface area contributed by atoms with Crippen LogP contribution in [0.15, 0.2) is 41.5 Å². The van der Waals surface area contributed by atoms with Crippen LogP contribution in [0.4, 0.5) is 0 Å². The van der Waals surface area contributed by atoms with E-state index in [2.05, 4.69) is 20.6 Å². The van der Waals surface area contributed by atoms with Gasteiger partial charge in [0.05, 0.1) is 7.11 Å². The molecule has 0 bridgehead atoms. The van der Waals surface area contributed by atoms with E-state index in [9.17, 15) is 0 Å². The molecule has 2 rings (SSSR count). The fourth-order valence-corrected chi connectivity index (χ4v) is 2.47. The Hall–Kier alpha value is -1.25. The third-order valence-corrected chi connectivity index (χ3v) is 3.99. The van der Waals surface area contributed by atoms with Crippen LogP contribution in [0.5, 0.6) is 5.75 Å². The third kappa shape index (κ3) is 7.25. The Kier molecular flexibility index (Phi) is 9.92. The van der Waals surface area contributed by atoms with Crippen LogP contribution < -0.4 is 15.4 Å². The van der Waals surface area contributed by atoms with E-state index in [1.165, 1.54) is 0 Å². The number of halogens is 3. The summed E-state index contributed by atoms with van der Waals surface area (Å²) in [5, 5.41) is 7.67. The third-order valence-electron chi connectivity index (χ3n) is 3.42. The summed E-state index contributed by atoms with van der Waals surface area (Å²) in [5.41, 5.74) is 2.09. The number of rotatable bonds is 6. The maximum absolute atomic E-state index is 6.24. The number of nitrogens with zero attached hydrogens (tertiary/aromatic N) is 2. The number of aliphatic imine (C=N–C) groups is 1. The summed E-state index contributed by atoms with van der Waals surface area (Å²) in [6, 6.07) is 9.38. The molecule has 0 fully saturated rings. The second-order valence-corrected chi connectivity index (χ2v) is 5.84. The monoisotopic (exact) mass is 494 g/mol. The van der Waals surface area contributed by atoms with E-state index in [0.29, 0.717) is 23.3 Å². The number of guanidine groups is 1. The lowest BCUT2D eigenvalue weighted by Crippen LogP contribution is -2.37. The highest BCUT2D eigenvalue weighted by atomic mass is 127. The fraction of sp³-hybridized carbons (Fsp3) is 0.294. The summed E-state index contributed by atoms with van der Waals surface area (Å²) in [6.07, 6.45) is 2.52. The molecule has 0 spiro atoms. The lowest BCUT2D eigenvalue weighted by molar-refractivity contribution is 0.414. The van der Waals surface area contributed by atoms with Gasteiger partial charge in [0.1, 0.15) is 10.9 Å². The Morgan fingerprint density at radius 2 is 2.00 bits per heavy atom. The summed E-state index contributed by atoms with van der Waals surface area (Å²) in [6.45, 7) is 1.33. The highest BCUT2D eigenvalue weighted by Crippen LogP contribution is 2.22. The Balaban J connectivity index is 0.00000312. The van der Waals surface area contributed by atoms with Gasteiger partial charge in [-0.2, -0.15) is 0 Å². The molecule has 2 N–H and O–H groups in total. The Morgan fingerprint density at radius 1 is 1.20 bits per heavy atom. The van der Waals surface area contributed by atoms with Crippen molar-refractivity contribution in [2.24, 2.45) is 4.99 Å². The minimum atomic E-state index is 0. The van der Waals surface area contributed by atoms with Gasteiger partial charge in [0.2, 0.25) is 0 Å². The molecule has 1 aromatic heterocycles. The van der Waals surface area contributed by atoms with Gasteiger partial charge in [0.15, 0.2) is 5.96 Å². The largest absolute Gasteiger partial charge is 0.497 e. The van der Waals surface area contributed by atoms with Crippen LogP contribution in [-0.2, 0) is 13.0 Å². The summed E-state index contributed by atoms with van der Waals surface area (Å²) < 4.78 is 5.15. The zero-order valence-corrected chi connectivity index (χ0v) is 17.9. The molecule has 2 aromatic rings. The summed E-state index contributed by atoms with van der Waals surface area (Å²) in [5.74, 6) is 1.47. The average molecular weight is 495 g/mol. The molecule has 1 heterocycles. The number of benzene rings is 1. The zero-order chi connectivity index (χ0) is 17.4. The van der Waals surface area contributed by atoms with Crippen LogP contribution in [0.1, 0.15) is 11.1 Å². The van der Waals surface area contributed by atoms with E-state index in [1.807, 2.05) is 24.3 Å². The van der Waals surface area contributed by atoms with E-state index in [4.69, 9.17) is 27.9 Å². The summed E-state index contributed by atoms with van der Waals surface area (Å²) in [4.78, 5) is 8.25. The van der Waals surface area contributed by atoms with E-state index in [-0.39, 0.29) is 24.0 Å². The number of ether oxygens (including phenoxy) is 1. The molecule has 5 nitrogen and oxygen atoms in total. The van der Waals surface area contributed by atoms with Crippen molar-refractivity contribution >= 4 is 53.1 Å². The molecule has 0 radical (unpaired) electrons. The van der Waals surface area contributed by atoms with Crippen molar-refractivity contribution in [2.45, 2.75) is 13.0 Å². The first-order valence-corrected chi connectivity index (χ1v) is 8.25. The van der Waals surface area contributed by atoms with Crippen molar-refractivity contribution in [2.75, 3.05) is 20.7 Å². The van der Waals surface area contributed by atoms with Crippen LogP contribution in [0.25, 0.3) is 0 Å². The van der Waals surface area contributed by atoms with Gasteiger partial charge in [-0.15, -0.1) is 24.0 Å². The number of pyridine rings is 1. The minimum absolute atomic E-state index is 0. The molecular formula is C17H21Cl2IN4O. The Morgan fingerprint density at radius 3 is 2.60 bits per heavy atom. The molecule has 0 aliphatic carbocycles. The second-order valence-electron chi connectivity index (χ2n) is 5.05. The molecule has 0 aliphatic rings. The van der Waals surface area contributed by atoms with E-state index >= 15 is 0 Å². The Bertz CT molecular complexity index is 696. The van der Waals surface area contributed by atoms with Gasteiger partial charge >= 0.3 is 0 Å². The molecule has 0 amide bonds. The molecule has 25 heavy (non-hydrogen) atoms. The average Bonchev–Trinajstić information content (AvgIpc) is 2.60. The predicted octanol–water partition coefficient (Wildman–Crippen LogP) is 3.92. The van der Waals surface area contributed by atoms with Gasteiger partial charge in [-0.3, -0.25) is 4.99 Å². The van der Waals surface area contributed by atoms with Crippen molar-refractivity contribution in [3.05, 3.63) is 57.8 Å². The van der Waals surface area contributed by atoms with Crippen molar-refractivity contribution in [3.8, 4) is 5.75 Å². The van der Waals surface area contributed by atoms with E-state index in [1.54, 1.807) is 26.4 Å². The van der Waals surface area contributed by atoms with Gasteiger partial charge in [-0.25, -0.2) is 4.98 Å². The smallest absolute Gasteiger partial charge is 0.191 e. The van der Waals surface area contributed by atoms with Crippen molar-refractivity contribution < 1.29 is 4.74 Å². The minimum Gasteiger partial charge on any atom is -0.497 e. The van der Waals surface area contributed by atoms with Crippen LogP contribution in [0.2, 0.25) is 10.2 Å². The van der Waals surface area contributed by atoms with Gasteiger partial charge < -0.3 is 15.4 Å². The molecule has 0 unspecified atom stereocenters.